The zero-order valence-electron chi connectivity index (χ0n) is 13.9. The summed E-state index contributed by atoms with van der Waals surface area (Å²) in [4.78, 5) is 0. The minimum atomic E-state index is 0.0494. The lowest BCUT2D eigenvalue weighted by atomic mass is 9.88. The van der Waals surface area contributed by atoms with Gasteiger partial charge in [-0.2, -0.15) is 5.10 Å². The average molecular weight is 299 g/mol. The van der Waals surface area contributed by atoms with E-state index in [-0.39, 0.29) is 5.41 Å². The number of nitrogens with one attached hydrogen (secondary N) is 1. The highest BCUT2D eigenvalue weighted by Crippen LogP contribution is 2.34. The first-order chi connectivity index (χ1) is 10.5. The van der Waals surface area contributed by atoms with Crippen LogP contribution in [0.15, 0.2) is 24.3 Å². The fourth-order valence-electron chi connectivity index (χ4n) is 3.02. The third-order valence-corrected chi connectivity index (χ3v) is 4.16. The molecule has 1 aliphatic heterocycles. The predicted octanol–water partition coefficient (Wildman–Crippen LogP) is 3.93. The van der Waals surface area contributed by atoms with Crippen LogP contribution in [0.4, 0.5) is 5.82 Å². The molecule has 22 heavy (non-hydrogen) atoms. The average Bonchev–Trinajstić information content (AvgIpc) is 2.70. The lowest BCUT2D eigenvalue weighted by molar-refractivity contribution is 0.414. The highest BCUT2D eigenvalue weighted by molar-refractivity contribution is 5.56. The largest absolute Gasteiger partial charge is 0.497 e. The summed E-state index contributed by atoms with van der Waals surface area (Å²) in [5, 5.41) is 8.53. The van der Waals surface area contributed by atoms with Crippen LogP contribution in [-0.4, -0.2) is 23.4 Å². The van der Waals surface area contributed by atoms with Crippen LogP contribution in [0.1, 0.15) is 44.9 Å². The van der Waals surface area contributed by atoms with Crippen LogP contribution < -0.4 is 10.1 Å². The summed E-state index contributed by atoms with van der Waals surface area (Å²) in [5.74, 6) is 2.03. The van der Waals surface area contributed by atoms with E-state index in [1.807, 2.05) is 12.1 Å². The van der Waals surface area contributed by atoms with E-state index in [2.05, 4.69) is 42.9 Å². The Labute approximate surface area is 132 Å². The number of aromatic nitrogens is 2. The Morgan fingerprint density at radius 2 is 1.86 bits per heavy atom. The number of anilines is 1. The van der Waals surface area contributed by atoms with E-state index in [0.717, 1.165) is 30.2 Å². The van der Waals surface area contributed by atoms with E-state index in [4.69, 9.17) is 9.84 Å². The van der Waals surface area contributed by atoms with Crippen molar-refractivity contribution in [2.45, 2.75) is 45.4 Å². The summed E-state index contributed by atoms with van der Waals surface area (Å²) in [5.41, 5.74) is 3.70. The Morgan fingerprint density at radius 1 is 1.14 bits per heavy atom. The van der Waals surface area contributed by atoms with Crippen molar-refractivity contribution in [3.05, 3.63) is 35.5 Å². The van der Waals surface area contributed by atoms with E-state index >= 15 is 0 Å². The van der Waals surface area contributed by atoms with Crippen molar-refractivity contribution in [3.63, 3.8) is 0 Å². The van der Waals surface area contributed by atoms with Crippen molar-refractivity contribution in [1.29, 1.82) is 0 Å². The molecule has 1 aromatic heterocycles. The van der Waals surface area contributed by atoms with E-state index < -0.39 is 0 Å². The zero-order valence-corrected chi connectivity index (χ0v) is 13.9. The molecular weight excluding hydrogens is 274 g/mol. The molecule has 118 valence electrons. The van der Waals surface area contributed by atoms with Crippen LogP contribution in [0, 0.1) is 0 Å². The van der Waals surface area contributed by atoms with E-state index in [1.165, 1.54) is 24.1 Å². The summed E-state index contributed by atoms with van der Waals surface area (Å²) in [7, 11) is 1.69. The Balaban J connectivity index is 2.12. The molecule has 0 atom stereocenters. The molecule has 1 N–H and O–H groups in total. The number of rotatable bonds is 2. The van der Waals surface area contributed by atoms with Gasteiger partial charge in [0.15, 0.2) is 0 Å². The van der Waals surface area contributed by atoms with Gasteiger partial charge in [-0.3, -0.25) is 0 Å². The Kier molecular flexibility index (Phi) is 3.85. The normalized spacial score (nSPS) is 14.9. The maximum Gasteiger partial charge on any atom is 0.133 e. The third-order valence-electron chi connectivity index (χ3n) is 4.16. The van der Waals surface area contributed by atoms with Gasteiger partial charge in [-0.15, -0.1) is 0 Å². The van der Waals surface area contributed by atoms with Crippen molar-refractivity contribution in [1.82, 2.24) is 9.78 Å². The van der Waals surface area contributed by atoms with Gasteiger partial charge < -0.3 is 10.1 Å². The number of hydrogen-bond acceptors (Lipinski definition) is 3. The molecule has 0 unspecified atom stereocenters. The van der Waals surface area contributed by atoms with Gasteiger partial charge in [0.05, 0.1) is 18.5 Å². The third kappa shape index (κ3) is 2.70. The van der Waals surface area contributed by atoms with Crippen LogP contribution >= 0.6 is 0 Å². The summed E-state index contributed by atoms with van der Waals surface area (Å²) >= 11 is 0. The zero-order chi connectivity index (χ0) is 15.7. The monoisotopic (exact) mass is 299 g/mol. The minimum absolute atomic E-state index is 0.0494. The molecule has 0 aliphatic carbocycles. The molecule has 0 amide bonds. The van der Waals surface area contributed by atoms with Crippen LogP contribution in [-0.2, 0) is 11.8 Å². The van der Waals surface area contributed by atoms with Gasteiger partial charge in [0.1, 0.15) is 11.6 Å². The summed E-state index contributed by atoms with van der Waals surface area (Å²) < 4.78 is 7.31. The second-order valence-corrected chi connectivity index (χ2v) is 6.92. The molecule has 3 rings (SSSR count). The van der Waals surface area contributed by atoms with Gasteiger partial charge in [-0.05, 0) is 43.5 Å². The number of benzene rings is 1. The highest BCUT2D eigenvalue weighted by atomic mass is 16.5. The van der Waals surface area contributed by atoms with Crippen molar-refractivity contribution < 1.29 is 4.74 Å². The first kappa shape index (κ1) is 14.9. The Hall–Kier alpha value is -1.97. The summed E-state index contributed by atoms with van der Waals surface area (Å²) in [6, 6.07) is 8.09. The van der Waals surface area contributed by atoms with Crippen molar-refractivity contribution in [3.8, 4) is 11.4 Å². The summed E-state index contributed by atoms with van der Waals surface area (Å²) in [6.45, 7) is 7.72. The second kappa shape index (κ2) is 5.67. The maximum atomic E-state index is 5.25. The molecule has 0 bridgehead atoms. The molecule has 0 saturated heterocycles. The fourth-order valence-corrected chi connectivity index (χ4v) is 3.02. The Morgan fingerprint density at radius 3 is 2.50 bits per heavy atom. The number of nitrogens with zero attached hydrogens (tertiary/aromatic N) is 2. The van der Waals surface area contributed by atoms with Crippen molar-refractivity contribution >= 4 is 5.82 Å². The second-order valence-electron chi connectivity index (χ2n) is 6.92. The van der Waals surface area contributed by atoms with Crippen LogP contribution in [0.25, 0.3) is 5.69 Å². The molecule has 4 heteroatoms. The van der Waals surface area contributed by atoms with Gasteiger partial charge in [0.2, 0.25) is 0 Å². The minimum Gasteiger partial charge on any atom is -0.497 e. The van der Waals surface area contributed by atoms with Crippen LogP contribution in [0.3, 0.4) is 0 Å². The number of ether oxygens (including phenoxy) is 1. The molecule has 0 fully saturated rings. The van der Waals surface area contributed by atoms with Gasteiger partial charge in [0, 0.05) is 17.5 Å². The summed E-state index contributed by atoms with van der Waals surface area (Å²) in [6.07, 6.45) is 3.53. The topological polar surface area (TPSA) is 39.1 Å². The van der Waals surface area contributed by atoms with E-state index in [0.29, 0.717) is 0 Å². The van der Waals surface area contributed by atoms with E-state index in [1.54, 1.807) is 7.11 Å². The molecule has 4 nitrogen and oxygen atoms in total. The SMILES string of the molecule is COc1ccc(-n2nc(C(C)(C)C)c3c2NCCCC3)cc1. The van der Waals surface area contributed by atoms with Gasteiger partial charge in [0.25, 0.3) is 0 Å². The molecule has 1 aromatic carbocycles. The van der Waals surface area contributed by atoms with Gasteiger partial charge in [-0.25, -0.2) is 4.68 Å². The molecule has 0 radical (unpaired) electrons. The Bertz CT molecular complexity index is 650. The fraction of sp³-hybridized carbons (Fsp3) is 0.500. The number of fused-ring (bicyclic) bond motifs is 1. The maximum absolute atomic E-state index is 5.25. The molecule has 2 heterocycles. The van der Waals surface area contributed by atoms with Crippen LogP contribution in [0.2, 0.25) is 0 Å². The first-order valence-electron chi connectivity index (χ1n) is 8.01. The standard InChI is InChI=1S/C18H25N3O/c1-18(2,3)16-15-7-5-6-12-19-17(15)21(20-16)13-8-10-14(22-4)11-9-13/h8-11,19H,5-7,12H2,1-4H3. The smallest absolute Gasteiger partial charge is 0.133 e. The number of hydrogen-bond donors (Lipinski definition) is 1. The number of methoxy groups -OCH3 is 1. The van der Waals surface area contributed by atoms with Crippen molar-refractivity contribution in [2.75, 3.05) is 19.0 Å². The molecule has 1 aliphatic rings. The molecule has 0 saturated carbocycles. The molecule has 0 spiro atoms. The lowest BCUT2D eigenvalue weighted by Crippen LogP contribution is -2.15. The molecular formula is C18H25N3O. The van der Waals surface area contributed by atoms with Gasteiger partial charge in [-0.1, -0.05) is 20.8 Å². The van der Waals surface area contributed by atoms with Gasteiger partial charge >= 0.3 is 0 Å². The quantitative estimate of drug-likeness (QED) is 0.913. The van der Waals surface area contributed by atoms with Crippen LogP contribution in [0.5, 0.6) is 5.75 Å². The van der Waals surface area contributed by atoms with Crippen molar-refractivity contribution in [2.24, 2.45) is 0 Å². The van der Waals surface area contributed by atoms with E-state index in [9.17, 15) is 0 Å². The lowest BCUT2D eigenvalue weighted by Gasteiger charge is -2.17. The molecule has 2 aromatic rings. The predicted molar refractivity (Wildman–Crippen MR) is 90.2 cm³/mol. The first-order valence-corrected chi connectivity index (χ1v) is 8.01. The highest BCUT2D eigenvalue weighted by Gasteiger charge is 2.27.